The van der Waals surface area contributed by atoms with Crippen molar-refractivity contribution in [3.63, 3.8) is 0 Å². The first-order chi connectivity index (χ1) is 8.96. The Morgan fingerprint density at radius 2 is 2.42 bits per heavy atom. The molecule has 6 nitrogen and oxygen atoms in total. The fourth-order valence-electron chi connectivity index (χ4n) is 1.89. The average molecular weight is 303 g/mol. The summed E-state index contributed by atoms with van der Waals surface area (Å²) in [6, 6.07) is 0. The highest BCUT2D eigenvalue weighted by Crippen LogP contribution is 2.24. The number of nitrogens with zero attached hydrogens (tertiary/aromatic N) is 2. The van der Waals surface area contributed by atoms with Crippen molar-refractivity contribution in [3.05, 3.63) is 18.2 Å². The van der Waals surface area contributed by atoms with E-state index >= 15 is 0 Å². The standard InChI is InChI=1S/C11H17N3O3S2/c1-14(6-10-12-3-4-13-10)11(15)7-18-9-2-5-19(16,17)8-9/h3-4,9H,2,5-8H2,1H3,(H,12,13). The first-order valence-electron chi connectivity index (χ1n) is 6.00. The second-order valence-electron chi connectivity index (χ2n) is 4.62. The highest BCUT2D eigenvalue weighted by Gasteiger charge is 2.28. The van der Waals surface area contributed by atoms with Gasteiger partial charge in [-0.25, -0.2) is 13.4 Å². The molecule has 0 aliphatic carbocycles. The molecule has 1 aromatic heterocycles. The fraction of sp³-hybridized carbons (Fsp3) is 0.636. The van der Waals surface area contributed by atoms with E-state index in [4.69, 9.17) is 0 Å². The predicted octanol–water partition coefficient (Wildman–Crippen LogP) is 0.288. The number of thioether (sulfide) groups is 1. The summed E-state index contributed by atoms with van der Waals surface area (Å²) < 4.78 is 22.6. The van der Waals surface area contributed by atoms with Gasteiger partial charge >= 0.3 is 0 Å². The van der Waals surface area contributed by atoms with E-state index in [1.165, 1.54) is 11.8 Å². The molecule has 1 amide bonds. The van der Waals surface area contributed by atoms with Gasteiger partial charge in [-0.05, 0) is 6.42 Å². The Labute approximate surface area is 116 Å². The topological polar surface area (TPSA) is 83.1 Å². The van der Waals surface area contributed by atoms with Gasteiger partial charge in [0.1, 0.15) is 5.82 Å². The van der Waals surface area contributed by atoms with E-state index in [1.54, 1.807) is 24.3 Å². The Balaban J connectivity index is 1.75. The summed E-state index contributed by atoms with van der Waals surface area (Å²) in [5.74, 6) is 1.50. The minimum atomic E-state index is -2.87. The maximum Gasteiger partial charge on any atom is 0.232 e. The molecule has 1 N–H and O–H groups in total. The van der Waals surface area contributed by atoms with Gasteiger partial charge in [0.25, 0.3) is 0 Å². The summed E-state index contributed by atoms with van der Waals surface area (Å²) in [4.78, 5) is 20.5. The van der Waals surface area contributed by atoms with Crippen molar-refractivity contribution in [2.45, 2.75) is 18.2 Å². The van der Waals surface area contributed by atoms with Gasteiger partial charge in [-0.15, -0.1) is 11.8 Å². The molecule has 0 spiro atoms. The molecule has 0 aromatic carbocycles. The van der Waals surface area contributed by atoms with Crippen molar-refractivity contribution in [2.75, 3.05) is 24.3 Å². The zero-order chi connectivity index (χ0) is 13.9. The molecule has 19 heavy (non-hydrogen) atoms. The summed E-state index contributed by atoms with van der Waals surface area (Å²) in [5.41, 5.74) is 0. The van der Waals surface area contributed by atoms with Crippen LogP contribution in [0.5, 0.6) is 0 Å². The molecule has 8 heteroatoms. The van der Waals surface area contributed by atoms with Crippen LogP contribution in [0.3, 0.4) is 0 Å². The van der Waals surface area contributed by atoms with Crippen molar-refractivity contribution in [1.82, 2.24) is 14.9 Å². The third-order valence-electron chi connectivity index (χ3n) is 3.00. The van der Waals surface area contributed by atoms with Crippen LogP contribution in [0.1, 0.15) is 12.2 Å². The number of sulfone groups is 1. The van der Waals surface area contributed by atoms with Crippen LogP contribution < -0.4 is 0 Å². The summed E-state index contributed by atoms with van der Waals surface area (Å²) in [6.45, 7) is 0.440. The first-order valence-corrected chi connectivity index (χ1v) is 8.87. The summed E-state index contributed by atoms with van der Waals surface area (Å²) in [5, 5.41) is 0.0611. The SMILES string of the molecule is CN(Cc1ncc[nH]1)C(=O)CSC1CCS(=O)(=O)C1. The molecule has 2 rings (SSSR count). The molecule has 0 bridgehead atoms. The van der Waals surface area contributed by atoms with E-state index in [0.29, 0.717) is 18.7 Å². The maximum atomic E-state index is 11.9. The third-order valence-corrected chi connectivity index (χ3v) is 6.27. The number of amides is 1. The molecule has 1 aliphatic rings. The van der Waals surface area contributed by atoms with Crippen LogP contribution in [0.15, 0.2) is 12.4 Å². The predicted molar refractivity (Wildman–Crippen MR) is 74.6 cm³/mol. The number of carbonyl (C=O) groups excluding carboxylic acids is 1. The number of imidazole rings is 1. The molecule has 1 unspecified atom stereocenters. The van der Waals surface area contributed by atoms with Crippen LogP contribution in [0.2, 0.25) is 0 Å². The number of rotatable bonds is 5. The average Bonchev–Trinajstić information content (AvgIpc) is 2.95. The van der Waals surface area contributed by atoms with E-state index in [0.717, 1.165) is 5.82 Å². The Bertz CT molecular complexity index is 527. The summed E-state index contributed by atoms with van der Waals surface area (Å²) in [6.07, 6.45) is 4.01. The zero-order valence-corrected chi connectivity index (χ0v) is 12.3. The maximum absolute atomic E-state index is 11.9. The minimum Gasteiger partial charge on any atom is -0.347 e. The van der Waals surface area contributed by atoms with Gasteiger partial charge in [0.15, 0.2) is 9.84 Å². The molecule has 0 radical (unpaired) electrons. The second kappa shape index (κ2) is 5.96. The van der Waals surface area contributed by atoms with Gasteiger partial charge in [0.2, 0.25) is 5.91 Å². The monoisotopic (exact) mass is 303 g/mol. The van der Waals surface area contributed by atoms with Crippen LogP contribution in [0.25, 0.3) is 0 Å². The third kappa shape index (κ3) is 4.24. The lowest BCUT2D eigenvalue weighted by Gasteiger charge is -2.16. The summed E-state index contributed by atoms with van der Waals surface area (Å²) >= 11 is 1.43. The Hall–Kier alpha value is -1.02. The molecule has 1 saturated heterocycles. The molecule has 106 valence electrons. The molecule has 0 saturated carbocycles. The van der Waals surface area contributed by atoms with Gasteiger partial charge in [-0.1, -0.05) is 0 Å². The number of nitrogens with one attached hydrogen (secondary N) is 1. The molecular formula is C11H17N3O3S2. The summed E-state index contributed by atoms with van der Waals surface area (Å²) in [7, 11) is -1.15. The highest BCUT2D eigenvalue weighted by atomic mass is 32.2. The van der Waals surface area contributed by atoms with Crippen LogP contribution in [-0.4, -0.2) is 58.7 Å². The quantitative estimate of drug-likeness (QED) is 0.845. The Kier molecular flexibility index (Phi) is 4.51. The zero-order valence-electron chi connectivity index (χ0n) is 10.7. The van der Waals surface area contributed by atoms with E-state index in [1.807, 2.05) is 0 Å². The van der Waals surface area contributed by atoms with E-state index in [-0.39, 0.29) is 22.7 Å². The number of hydrogen-bond donors (Lipinski definition) is 1. The van der Waals surface area contributed by atoms with Crippen molar-refractivity contribution < 1.29 is 13.2 Å². The van der Waals surface area contributed by atoms with Crippen LogP contribution in [-0.2, 0) is 21.2 Å². The lowest BCUT2D eigenvalue weighted by molar-refractivity contribution is -0.127. The Morgan fingerprint density at radius 3 is 3.00 bits per heavy atom. The normalized spacial score (nSPS) is 21.4. The van der Waals surface area contributed by atoms with Crippen LogP contribution in [0, 0.1) is 0 Å². The smallest absolute Gasteiger partial charge is 0.232 e. The molecule has 2 heterocycles. The van der Waals surface area contributed by atoms with Gasteiger partial charge in [0, 0.05) is 24.7 Å². The Morgan fingerprint density at radius 1 is 1.63 bits per heavy atom. The van der Waals surface area contributed by atoms with E-state index in [9.17, 15) is 13.2 Å². The number of aromatic amines is 1. The molecule has 1 atom stereocenters. The largest absolute Gasteiger partial charge is 0.347 e. The lowest BCUT2D eigenvalue weighted by Crippen LogP contribution is -2.29. The van der Waals surface area contributed by atoms with Crippen LogP contribution >= 0.6 is 11.8 Å². The fourth-order valence-corrected chi connectivity index (χ4v) is 5.47. The lowest BCUT2D eigenvalue weighted by atomic mass is 10.4. The van der Waals surface area contributed by atoms with E-state index in [2.05, 4.69) is 9.97 Å². The second-order valence-corrected chi connectivity index (χ2v) is 8.14. The van der Waals surface area contributed by atoms with Gasteiger partial charge in [0.05, 0.1) is 23.8 Å². The van der Waals surface area contributed by atoms with Gasteiger partial charge in [-0.2, -0.15) is 0 Å². The number of H-pyrrole nitrogens is 1. The number of hydrogen-bond acceptors (Lipinski definition) is 5. The molecule has 1 fully saturated rings. The van der Waals surface area contributed by atoms with E-state index < -0.39 is 9.84 Å². The van der Waals surface area contributed by atoms with Crippen molar-refractivity contribution in [3.8, 4) is 0 Å². The van der Waals surface area contributed by atoms with Crippen molar-refractivity contribution in [1.29, 1.82) is 0 Å². The number of carbonyl (C=O) groups is 1. The molecule has 1 aromatic rings. The van der Waals surface area contributed by atoms with Gasteiger partial charge < -0.3 is 9.88 Å². The minimum absolute atomic E-state index is 0.00861. The van der Waals surface area contributed by atoms with Crippen LogP contribution in [0.4, 0.5) is 0 Å². The van der Waals surface area contributed by atoms with Crippen molar-refractivity contribution >= 4 is 27.5 Å². The van der Waals surface area contributed by atoms with Crippen molar-refractivity contribution in [2.24, 2.45) is 0 Å². The molecular weight excluding hydrogens is 286 g/mol. The first kappa shape index (κ1) is 14.4. The van der Waals surface area contributed by atoms with Gasteiger partial charge in [-0.3, -0.25) is 4.79 Å². The molecule has 1 aliphatic heterocycles. The highest BCUT2D eigenvalue weighted by molar-refractivity contribution is 8.02. The number of aromatic nitrogens is 2.